The lowest BCUT2D eigenvalue weighted by Gasteiger charge is -2.34. The topological polar surface area (TPSA) is 87.9 Å². The summed E-state index contributed by atoms with van der Waals surface area (Å²) in [6.45, 7) is 6.18. The number of aromatic nitrogens is 3. The standard InChI is InChI=1S/C22H23N5O3S3/c1-15-5-6-16(2)19(12-15)33(29,30)26-9-7-25(8-10-26)14-17-13-20(28)27-22(23-17)32-21(24-27)18-4-3-11-31-18/h3-6,11-13H,7-10,14H2,1-2H3. The molecule has 4 heterocycles. The van der Waals surface area contributed by atoms with Gasteiger partial charge in [-0.15, -0.1) is 11.3 Å². The van der Waals surface area contributed by atoms with Crippen molar-refractivity contribution in [3.63, 3.8) is 0 Å². The predicted octanol–water partition coefficient (Wildman–Crippen LogP) is 3.00. The molecular formula is C22H23N5O3S3. The first-order chi connectivity index (χ1) is 15.8. The van der Waals surface area contributed by atoms with E-state index in [-0.39, 0.29) is 5.56 Å². The van der Waals surface area contributed by atoms with Crippen molar-refractivity contribution in [3.05, 3.63) is 69.0 Å². The molecule has 1 aliphatic heterocycles. The van der Waals surface area contributed by atoms with E-state index in [0.29, 0.717) is 48.3 Å². The Balaban J connectivity index is 1.30. The summed E-state index contributed by atoms with van der Waals surface area (Å²) in [5.41, 5.74) is 2.15. The first-order valence-electron chi connectivity index (χ1n) is 10.5. The average Bonchev–Trinajstić information content (AvgIpc) is 3.46. The van der Waals surface area contributed by atoms with Crippen LogP contribution in [0.2, 0.25) is 0 Å². The summed E-state index contributed by atoms with van der Waals surface area (Å²) in [7, 11) is -3.53. The van der Waals surface area contributed by atoms with Crippen molar-refractivity contribution in [3.8, 4) is 9.88 Å². The Morgan fingerprint density at radius 3 is 2.58 bits per heavy atom. The quantitative estimate of drug-likeness (QED) is 0.418. The zero-order valence-corrected chi connectivity index (χ0v) is 20.7. The highest BCUT2D eigenvalue weighted by Gasteiger charge is 2.30. The monoisotopic (exact) mass is 501 g/mol. The van der Waals surface area contributed by atoms with Gasteiger partial charge in [0.1, 0.15) is 0 Å². The van der Waals surface area contributed by atoms with Crippen molar-refractivity contribution < 1.29 is 8.42 Å². The number of thiophene rings is 1. The first kappa shape index (κ1) is 22.4. The van der Waals surface area contributed by atoms with E-state index < -0.39 is 10.0 Å². The maximum absolute atomic E-state index is 13.2. The molecule has 0 N–H and O–H groups in total. The highest BCUT2D eigenvalue weighted by molar-refractivity contribution is 7.89. The van der Waals surface area contributed by atoms with Gasteiger partial charge in [-0.3, -0.25) is 9.69 Å². The molecule has 0 amide bonds. The molecule has 1 fully saturated rings. The van der Waals surface area contributed by atoms with Gasteiger partial charge in [-0.25, -0.2) is 13.4 Å². The minimum absolute atomic E-state index is 0.204. The van der Waals surface area contributed by atoms with Crippen molar-refractivity contribution in [1.29, 1.82) is 0 Å². The molecule has 4 aromatic rings. The molecule has 33 heavy (non-hydrogen) atoms. The Morgan fingerprint density at radius 2 is 1.85 bits per heavy atom. The lowest BCUT2D eigenvalue weighted by atomic mass is 10.2. The van der Waals surface area contributed by atoms with Crippen LogP contribution in [0.5, 0.6) is 0 Å². The normalized spacial score (nSPS) is 15.9. The number of aryl methyl sites for hydroxylation is 2. The van der Waals surface area contributed by atoms with E-state index in [1.54, 1.807) is 21.7 Å². The van der Waals surface area contributed by atoms with E-state index in [2.05, 4.69) is 15.0 Å². The molecule has 0 saturated carbocycles. The first-order valence-corrected chi connectivity index (χ1v) is 13.7. The second-order valence-corrected chi connectivity index (χ2v) is 11.9. The summed E-state index contributed by atoms with van der Waals surface area (Å²) < 4.78 is 29.2. The van der Waals surface area contributed by atoms with Gasteiger partial charge in [-0.1, -0.05) is 29.5 Å². The number of benzene rings is 1. The number of hydrogen-bond acceptors (Lipinski definition) is 8. The Morgan fingerprint density at radius 1 is 1.06 bits per heavy atom. The van der Waals surface area contributed by atoms with Gasteiger partial charge in [0.15, 0.2) is 5.01 Å². The number of fused-ring (bicyclic) bond motifs is 1. The highest BCUT2D eigenvalue weighted by atomic mass is 32.2. The van der Waals surface area contributed by atoms with Gasteiger partial charge in [0.05, 0.1) is 15.5 Å². The zero-order valence-electron chi connectivity index (χ0n) is 18.3. The van der Waals surface area contributed by atoms with Gasteiger partial charge < -0.3 is 0 Å². The lowest BCUT2D eigenvalue weighted by molar-refractivity contribution is 0.180. The molecule has 1 aromatic carbocycles. The summed E-state index contributed by atoms with van der Waals surface area (Å²) >= 11 is 2.97. The van der Waals surface area contributed by atoms with Crippen LogP contribution >= 0.6 is 22.7 Å². The van der Waals surface area contributed by atoms with Crippen molar-refractivity contribution >= 4 is 37.7 Å². The smallest absolute Gasteiger partial charge is 0.275 e. The molecule has 8 nitrogen and oxygen atoms in total. The molecule has 172 valence electrons. The van der Waals surface area contributed by atoms with Crippen LogP contribution in [-0.2, 0) is 16.6 Å². The molecule has 0 bridgehead atoms. The molecular weight excluding hydrogens is 478 g/mol. The molecule has 0 atom stereocenters. The van der Waals surface area contributed by atoms with Crippen molar-refractivity contribution in [1.82, 2.24) is 23.8 Å². The zero-order chi connectivity index (χ0) is 23.2. The van der Waals surface area contributed by atoms with Gasteiger partial charge in [-0.2, -0.15) is 13.9 Å². The third-order valence-electron chi connectivity index (χ3n) is 5.71. The summed E-state index contributed by atoms with van der Waals surface area (Å²) in [4.78, 5) is 21.3. The van der Waals surface area contributed by atoms with E-state index >= 15 is 0 Å². The average molecular weight is 502 g/mol. The third kappa shape index (κ3) is 4.38. The van der Waals surface area contributed by atoms with E-state index in [1.807, 2.05) is 43.5 Å². The van der Waals surface area contributed by atoms with E-state index in [4.69, 9.17) is 0 Å². The molecule has 0 spiro atoms. The number of rotatable bonds is 5. The predicted molar refractivity (Wildman–Crippen MR) is 130 cm³/mol. The van der Waals surface area contributed by atoms with E-state index in [9.17, 15) is 13.2 Å². The van der Waals surface area contributed by atoms with Gasteiger partial charge in [0.25, 0.3) is 5.56 Å². The summed E-state index contributed by atoms with van der Waals surface area (Å²) in [5.74, 6) is 0. The van der Waals surface area contributed by atoms with E-state index in [0.717, 1.165) is 21.0 Å². The second kappa shape index (κ2) is 8.73. The SMILES string of the molecule is Cc1ccc(C)c(S(=O)(=O)N2CCN(Cc3cc(=O)n4nc(-c5cccs5)sc4n3)CC2)c1. The van der Waals surface area contributed by atoms with Crippen LogP contribution in [0, 0.1) is 13.8 Å². The van der Waals surface area contributed by atoms with Crippen LogP contribution in [0.3, 0.4) is 0 Å². The second-order valence-electron chi connectivity index (χ2n) is 8.11. The number of piperazine rings is 1. The summed E-state index contributed by atoms with van der Waals surface area (Å²) in [6, 6.07) is 11.0. The maximum atomic E-state index is 13.2. The number of hydrogen-bond donors (Lipinski definition) is 0. The number of nitrogens with zero attached hydrogens (tertiary/aromatic N) is 5. The Kier molecular flexibility index (Phi) is 5.91. The molecule has 1 aliphatic rings. The maximum Gasteiger partial charge on any atom is 0.275 e. The van der Waals surface area contributed by atoms with E-state index in [1.165, 1.54) is 21.9 Å². The van der Waals surface area contributed by atoms with Gasteiger partial charge in [-0.05, 0) is 42.5 Å². The fraction of sp³-hybridized carbons (Fsp3) is 0.318. The largest absolute Gasteiger partial charge is 0.295 e. The number of sulfonamides is 1. The Labute approximate surface area is 199 Å². The summed E-state index contributed by atoms with van der Waals surface area (Å²) in [6.07, 6.45) is 0. The van der Waals surface area contributed by atoms with Crippen LogP contribution < -0.4 is 5.56 Å². The Bertz CT molecular complexity index is 1470. The fourth-order valence-electron chi connectivity index (χ4n) is 3.92. The van der Waals surface area contributed by atoms with Crippen molar-refractivity contribution in [2.45, 2.75) is 25.3 Å². The van der Waals surface area contributed by atoms with Crippen LogP contribution in [0.25, 0.3) is 14.8 Å². The van der Waals surface area contributed by atoms with Gasteiger partial charge in [0, 0.05) is 38.8 Å². The molecule has 1 saturated heterocycles. The molecule has 3 aromatic heterocycles. The molecule has 5 rings (SSSR count). The van der Waals surface area contributed by atoms with Gasteiger partial charge in [0.2, 0.25) is 15.0 Å². The minimum Gasteiger partial charge on any atom is -0.295 e. The minimum atomic E-state index is -3.53. The third-order valence-corrected chi connectivity index (χ3v) is 9.70. The molecule has 11 heteroatoms. The van der Waals surface area contributed by atoms with Crippen LogP contribution in [0.4, 0.5) is 0 Å². The fourth-order valence-corrected chi connectivity index (χ4v) is 7.37. The van der Waals surface area contributed by atoms with Crippen molar-refractivity contribution in [2.24, 2.45) is 0 Å². The molecule has 0 radical (unpaired) electrons. The lowest BCUT2D eigenvalue weighted by Crippen LogP contribution is -2.48. The highest BCUT2D eigenvalue weighted by Crippen LogP contribution is 2.28. The van der Waals surface area contributed by atoms with Crippen LogP contribution in [0.15, 0.2) is 51.5 Å². The Hall–Kier alpha value is -2.44. The summed E-state index contributed by atoms with van der Waals surface area (Å²) in [5, 5.41) is 7.16. The van der Waals surface area contributed by atoms with Crippen molar-refractivity contribution in [2.75, 3.05) is 26.2 Å². The van der Waals surface area contributed by atoms with Crippen LogP contribution in [-0.4, -0.2) is 58.4 Å². The molecule has 0 aliphatic carbocycles. The van der Waals surface area contributed by atoms with Gasteiger partial charge >= 0.3 is 0 Å². The van der Waals surface area contributed by atoms with Crippen LogP contribution in [0.1, 0.15) is 16.8 Å². The molecule has 0 unspecified atom stereocenters.